The number of sulfonamides is 1. The van der Waals surface area contributed by atoms with Crippen LogP contribution in [0.3, 0.4) is 0 Å². The maximum Gasteiger partial charge on any atom is 0.264 e. The molecule has 1 amide bonds. The average Bonchev–Trinajstić information content (AvgIpc) is 3.01. The second-order valence-corrected chi connectivity index (χ2v) is 8.91. The molecule has 2 heterocycles. The number of amides is 1. The van der Waals surface area contributed by atoms with Gasteiger partial charge < -0.3 is 4.90 Å². The van der Waals surface area contributed by atoms with Crippen LogP contribution in [0.4, 0.5) is 4.39 Å². The van der Waals surface area contributed by atoms with Crippen LogP contribution in [0, 0.1) is 5.82 Å². The fraction of sp³-hybridized carbons (Fsp3) is 0.267. The molecule has 3 rings (SSSR count). The highest BCUT2D eigenvalue weighted by atomic mass is 35.5. The molecule has 1 fully saturated rings. The molecule has 0 spiro atoms. The normalized spacial score (nSPS) is 16.3. The minimum Gasteiger partial charge on any atom is -0.335 e. The smallest absolute Gasteiger partial charge is 0.264 e. The van der Waals surface area contributed by atoms with Crippen molar-refractivity contribution in [1.29, 1.82) is 0 Å². The monoisotopic (exact) mass is 388 g/mol. The molecular weight excluding hydrogens is 375 g/mol. The largest absolute Gasteiger partial charge is 0.335 e. The zero-order valence-corrected chi connectivity index (χ0v) is 14.9. The maximum atomic E-state index is 13.0. The third kappa shape index (κ3) is 3.46. The van der Waals surface area contributed by atoms with Crippen LogP contribution >= 0.6 is 22.9 Å². The number of carbonyl (C=O) groups is 1. The summed E-state index contributed by atoms with van der Waals surface area (Å²) in [5, 5.41) is 0. The van der Waals surface area contributed by atoms with Crippen molar-refractivity contribution < 1.29 is 17.6 Å². The summed E-state index contributed by atoms with van der Waals surface area (Å²) in [6.45, 7) is 0.999. The lowest BCUT2D eigenvalue weighted by molar-refractivity contribution is 0.0703. The van der Waals surface area contributed by atoms with Gasteiger partial charge in [0.15, 0.2) is 0 Å². The van der Waals surface area contributed by atoms with Gasteiger partial charge in [-0.3, -0.25) is 4.79 Å². The Labute approximate surface area is 148 Å². The molecule has 0 atom stereocenters. The molecule has 1 aliphatic heterocycles. The van der Waals surface area contributed by atoms with Crippen molar-refractivity contribution in [3.8, 4) is 0 Å². The van der Waals surface area contributed by atoms with Crippen LogP contribution in [-0.2, 0) is 10.0 Å². The van der Waals surface area contributed by atoms with Crippen LogP contribution < -0.4 is 0 Å². The highest BCUT2D eigenvalue weighted by molar-refractivity contribution is 7.89. The predicted octanol–water partition coefficient (Wildman–Crippen LogP) is 2.69. The Balaban J connectivity index is 1.68. The molecule has 128 valence electrons. The van der Waals surface area contributed by atoms with Gasteiger partial charge >= 0.3 is 0 Å². The summed E-state index contributed by atoms with van der Waals surface area (Å²) in [6.07, 6.45) is 0. The fourth-order valence-electron chi connectivity index (χ4n) is 2.47. The Morgan fingerprint density at radius 3 is 2.21 bits per heavy atom. The van der Waals surface area contributed by atoms with E-state index in [1.54, 1.807) is 17.0 Å². The minimum atomic E-state index is -3.68. The molecule has 2 aromatic rings. The first-order valence-electron chi connectivity index (χ1n) is 7.18. The van der Waals surface area contributed by atoms with E-state index in [1.807, 2.05) is 0 Å². The molecule has 0 unspecified atom stereocenters. The molecule has 1 aromatic carbocycles. The molecule has 5 nitrogen and oxygen atoms in total. The lowest BCUT2D eigenvalue weighted by Crippen LogP contribution is -2.50. The van der Waals surface area contributed by atoms with Gasteiger partial charge in [0.1, 0.15) is 5.82 Å². The van der Waals surface area contributed by atoms with Crippen LogP contribution in [0.25, 0.3) is 0 Å². The first-order chi connectivity index (χ1) is 11.4. The molecule has 9 heteroatoms. The number of benzene rings is 1. The number of thiophene rings is 1. The first-order valence-corrected chi connectivity index (χ1v) is 9.82. The quantitative estimate of drug-likeness (QED) is 0.812. The second-order valence-electron chi connectivity index (χ2n) is 5.25. The number of hydrogen-bond acceptors (Lipinski definition) is 4. The van der Waals surface area contributed by atoms with Crippen molar-refractivity contribution in [2.24, 2.45) is 0 Å². The van der Waals surface area contributed by atoms with Crippen molar-refractivity contribution in [3.05, 3.63) is 51.4 Å². The third-order valence-electron chi connectivity index (χ3n) is 3.76. The van der Waals surface area contributed by atoms with Crippen molar-refractivity contribution in [2.75, 3.05) is 26.2 Å². The summed E-state index contributed by atoms with van der Waals surface area (Å²) >= 11 is 7.04. The van der Waals surface area contributed by atoms with Gasteiger partial charge in [-0.25, -0.2) is 12.8 Å². The Kier molecular flexibility index (Phi) is 4.91. The van der Waals surface area contributed by atoms with Crippen LogP contribution in [-0.4, -0.2) is 49.7 Å². The van der Waals surface area contributed by atoms with Crippen molar-refractivity contribution in [2.45, 2.75) is 4.90 Å². The van der Waals surface area contributed by atoms with Gasteiger partial charge in [-0.2, -0.15) is 4.31 Å². The van der Waals surface area contributed by atoms with Gasteiger partial charge in [-0.05, 0) is 36.4 Å². The number of halogens is 2. The third-order valence-corrected chi connectivity index (χ3v) is 6.89. The van der Waals surface area contributed by atoms with E-state index in [0.717, 1.165) is 12.1 Å². The summed E-state index contributed by atoms with van der Waals surface area (Å²) in [6, 6.07) is 8.05. The first kappa shape index (κ1) is 17.3. The molecule has 0 saturated carbocycles. The number of piperazine rings is 1. The molecule has 1 aliphatic rings. The number of hydrogen-bond donors (Lipinski definition) is 0. The van der Waals surface area contributed by atoms with Crippen LogP contribution in [0.2, 0.25) is 4.34 Å². The van der Waals surface area contributed by atoms with Gasteiger partial charge in [0.05, 0.1) is 14.1 Å². The standard InChI is InChI=1S/C15H14ClFN2O3S2/c16-14-6-5-13(23-14)15(20)18-7-9-19(10-8-18)24(21,22)12-3-1-11(17)2-4-12/h1-6H,7-10H2. The lowest BCUT2D eigenvalue weighted by atomic mass is 10.3. The summed E-state index contributed by atoms with van der Waals surface area (Å²) in [5.74, 6) is -0.635. The molecule has 0 aliphatic carbocycles. The SMILES string of the molecule is O=C(c1ccc(Cl)s1)N1CCN(S(=O)(=O)c2ccc(F)cc2)CC1. The Morgan fingerprint density at radius 1 is 1.04 bits per heavy atom. The molecule has 0 bridgehead atoms. The van der Waals surface area contributed by atoms with Crippen molar-refractivity contribution >= 4 is 38.9 Å². The van der Waals surface area contributed by atoms with Gasteiger partial charge in [0.2, 0.25) is 10.0 Å². The minimum absolute atomic E-state index is 0.0497. The lowest BCUT2D eigenvalue weighted by Gasteiger charge is -2.33. The summed E-state index contributed by atoms with van der Waals surface area (Å²) < 4.78 is 39.9. The van der Waals surface area contributed by atoms with E-state index in [9.17, 15) is 17.6 Å². The molecule has 1 aromatic heterocycles. The number of nitrogens with zero attached hydrogens (tertiary/aromatic N) is 2. The van der Waals surface area contributed by atoms with E-state index in [4.69, 9.17) is 11.6 Å². The van der Waals surface area contributed by atoms with Crippen LogP contribution in [0.5, 0.6) is 0 Å². The topological polar surface area (TPSA) is 57.7 Å². The Bertz CT molecular complexity index is 844. The highest BCUT2D eigenvalue weighted by Crippen LogP contribution is 2.24. The van der Waals surface area contributed by atoms with E-state index < -0.39 is 15.8 Å². The van der Waals surface area contributed by atoms with E-state index in [-0.39, 0.29) is 23.9 Å². The molecular formula is C15H14ClFN2O3S2. The molecule has 24 heavy (non-hydrogen) atoms. The molecule has 0 radical (unpaired) electrons. The number of rotatable bonds is 3. The van der Waals surface area contributed by atoms with Crippen molar-refractivity contribution in [3.63, 3.8) is 0 Å². The highest BCUT2D eigenvalue weighted by Gasteiger charge is 2.30. The average molecular weight is 389 g/mol. The Hall–Kier alpha value is -1.48. The van der Waals surface area contributed by atoms with Gasteiger partial charge in [-0.1, -0.05) is 11.6 Å². The van der Waals surface area contributed by atoms with E-state index in [2.05, 4.69) is 0 Å². The van der Waals surface area contributed by atoms with Crippen molar-refractivity contribution in [1.82, 2.24) is 9.21 Å². The molecule has 0 N–H and O–H groups in total. The molecule has 1 saturated heterocycles. The zero-order valence-electron chi connectivity index (χ0n) is 12.5. The van der Waals surface area contributed by atoms with Crippen LogP contribution in [0.15, 0.2) is 41.3 Å². The maximum absolute atomic E-state index is 13.0. The summed E-state index contributed by atoms with van der Waals surface area (Å²) in [4.78, 5) is 14.5. The number of carbonyl (C=O) groups excluding carboxylic acids is 1. The fourth-order valence-corrected chi connectivity index (χ4v) is 4.91. The van der Waals surface area contributed by atoms with Gasteiger partial charge in [0.25, 0.3) is 5.91 Å². The predicted molar refractivity (Wildman–Crippen MR) is 90.4 cm³/mol. The van der Waals surface area contributed by atoms with E-state index >= 15 is 0 Å². The van der Waals surface area contributed by atoms with Gasteiger partial charge in [0, 0.05) is 26.2 Å². The second kappa shape index (κ2) is 6.79. The Morgan fingerprint density at radius 2 is 1.67 bits per heavy atom. The zero-order chi connectivity index (χ0) is 17.3. The van der Waals surface area contributed by atoms with Gasteiger partial charge in [-0.15, -0.1) is 11.3 Å². The van der Waals surface area contributed by atoms with Crippen LogP contribution in [0.1, 0.15) is 9.67 Å². The summed E-state index contributed by atoms with van der Waals surface area (Å²) in [7, 11) is -3.68. The van der Waals surface area contributed by atoms with E-state index in [0.29, 0.717) is 22.3 Å². The van der Waals surface area contributed by atoms with E-state index in [1.165, 1.54) is 27.8 Å². The summed E-state index contributed by atoms with van der Waals surface area (Å²) in [5.41, 5.74) is 0.